The summed E-state index contributed by atoms with van der Waals surface area (Å²) in [6, 6.07) is 1.72. The molecule has 86 valence electrons. The molecule has 1 rings (SSSR count). The van der Waals surface area contributed by atoms with Crippen LogP contribution in [0.1, 0.15) is 32.9 Å². The Morgan fingerprint density at radius 3 is 2.73 bits per heavy atom. The maximum atomic E-state index is 14.6. The normalized spacial score (nSPS) is 15.6. The number of aromatic nitrogens is 2. The van der Waals surface area contributed by atoms with E-state index in [9.17, 15) is 4.39 Å². The molecule has 1 heterocycles. The number of hydrogen-bond acceptors (Lipinski definition) is 2. The molecule has 0 fully saturated rings. The van der Waals surface area contributed by atoms with Crippen LogP contribution in [0.3, 0.4) is 0 Å². The number of rotatable bonds is 5. The van der Waals surface area contributed by atoms with Crippen molar-refractivity contribution in [2.45, 2.75) is 39.4 Å². The fourth-order valence-electron chi connectivity index (χ4n) is 1.71. The van der Waals surface area contributed by atoms with Crippen LogP contribution in [-0.4, -0.2) is 16.3 Å². The predicted molar refractivity (Wildman–Crippen MR) is 59.2 cm³/mol. The molecule has 4 heteroatoms. The van der Waals surface area contributed by atoms with E-state index in [4.69, 9.17) is 5.73 Å². The van der Waals surface area contributed by atoms with Gasteiger partial charge in [-0.05, 0) is 18.4 Å². The largest absolute Gasteiger partial charge is 0.327 e. The summed E-state index contributed by atoms with van der Waals surface area (Å²) in [5.74, 6) is -0.144. The van der Waals surface area contributed by atoms with Gasteiger partial charge in [0.2, 0.25) is 0 Å². The van der Waals surface area contributed by atoms with E-state index in [0.717, 1.165) is 13.0 Å². The van der Waals surface area contributed by atoms with E-state index in [1.165, 1.54) is 0 Å². The van der Waals surface area contributed by atoms with Crippen LogP contribution in [-0.2, 0) is 12.2 Å². The summed E-state index contributed by atoms with van der Waals surface area (Å²) in [5, 5.41) is 4.12. The van der Waals surface area contributed by atoms with Gasteiger partial charge in [-0.1, -0.05) is 20.8 Å². The van der Waals surface area contributed by atoms with Crippen molar-refractivity contribution in [3.8, 4) is 0 Å². The van der Waals surface area contributed by atoms with E-state index in [0.29, 0.717) is 5.69 Å². The quantitative estimate of drug-likeness (QED) is 0.813. The van der Waals surface area contributed by atoms with Crippen molar-refractivity contribution in [3.05, 3.63) is 18.0 Å². The molecule has 0 aliphatic carbocycles. The molecule has 0 amide bonds. The van der Waals surface area contributed by atoms with Gasteiger partial charge in [-0.15, -0.1) is 0 Å². The summed E-state index contributed by atoms with van der Waals surface area (Å²) in [5.41, 5.74) is 4.68. The molecule has 3 nitrogen and oxygen atoms in total. The average Bonchev–Trinajstić information content (AvgIpc) is 2.65. The van der Waals surface area contributed by atoms with Crippen LogP contribution in [0, 0.1) is 5.92 Å². The molecular formula is C11H20FN3. The lowest BCUT2D eigenvalue weighted by Crippen LogP contribution is -2.37. The number of nitrogens with zero attached hydrogens (tertiary/aromatic N) is 2. The highest BCUT2D eigenvalue weighted by molar-refractivity contribution is 5.14. The van der Waals surface area contributed by atoms with Gasteiger partial charge in [0.05, 0.1) is 5.69 Å². The Bertz CT molecular complexity index is 309. The number of aryl methyl sites for hydroxylation is 1. The Labute approximate surface area is 90.5 Å². The molecule has 0 bridgehead atoms. The zero-order chi connectivity index (χ0) is 11.5. The van der Waals surface area contributed by atoms with Gasteiger partial charge < -0.3 is 5.73 Å². The number of halogens is 1. The SMILES string of the molecule is CCCn1nccc1C(F)(CN)C(C)C. The van der Waals surface area contributed by atoms with E-state index in [2.05, 4.69) is 5.10 Å². The Hall–Kier alpha value is -0.900. The standard InChI is InChI=1S/C11H20FN3/c1-4-7-15-10(5-6-14-15)11(12,8-13)9(2)3/h5-6,9H,4,7-8,13H2,1-3H3. The minimum atomic E-state index is -1.47. The van der Waals surface area contributed by atoms with Gasteiger partial charge in [-0.2, -0.15) is 5.10 Å². The molecule has 0 saturated heterocycles. The summed E-state index contributed by atoms with van der Waals surface area (Å²) < 4.78 is 16.3. The van der Waals surface area contributed by atoms with Crippen LogP contribution in [0.2, 0.25) is 0 Å². The minimum absolute atomic E-state index is 0.0000737. The van der Waals surface area contributed by atoms with Gasteiger partial charge in [-0.25, -0.2) is 4.39 Å². The first-order valence-electron chi connectivity index (χ1n) is 5.47. The monoisotopic (exact) mass is 213 g/mol. The summed E-state index contributed by atoms with van der Waals surface area (Å²) in [6.45, 7) is 6.47. The highest BCUT2D eigenvalue weighted by Gasteiger charge is 2.37. The van der Waals surface area contributed by atoms with Crippen molar-refractivity contribution in [2.24, 2.45) is 11.7 Å². The first kappa shape index (κ1) is 12.2. The molecule has 15 heavy (non-hydrogen) atoms. The minimum Gasteiger partial charge on any atom is -0.327 e. The lowest BCUT2D eigenvalue weighted by Gasteiger charge is -2.28. The van der Waals surface area contributed by atoms with Gasteiger partial charge in [0.25, 0.3) is 0 Å². The van der Waals surface area contributed by atoms with Crippen LogP contribution in [0.5, 0.6) is 0 Å². The maximum Gasteiger partial charge on any atom is 0.166 e. The summed E-state index contributed by atoms with van der Waals surface area (Å²) in [6.07, 6.45) is 2.57. The molecule has 0 aromatic carbocycles. The number of alkyl halides is 1. The molecule has 0 spiro atoms. The zero-order valence-electron chi connectivity index (χ0n) is 9.70. The van der Waals surface area contributed by atoms with E-state index in [-0.39, 0.29) is 12.5 Å². The van der Waals surface area contributed by atoms with E-state index in [1.807, 2.05) is 20.8 Å². The summed E-state index contributed by atoms with van der Waals surface area (Å²) >= 11 is 0. The van der Waals surface area contributed by atoms with Crippen molar-refractivity contribution < 1.29 is 4.39 Å². The fraction of sp³-hybridized carbons (Fsp3) is 0.727. The van der Waals surface area contributed by atoms with Crippen molar-refractivity contribution in [2.75, 3.05) is 6.54 Å². The van der Waals surface area contributed by atoms with Gasteiger partial charge in [0, 0.05) is 19.3 Å². The first-order chi connectivity index (χ1) is 7.06. The third kappa shape index (κ3) is 2.20. The van der Waals surface area contributed by atoms with Gasteiger partial charge >= 0.3 is 0 Å². The molecule has 1 atom stereocenters. The average molecular weight is 213 g/mol. The third-order valence-corrected chi connectivity index (χ3v) is 2.79. The third-order valence-electron chi connectivity index (χ3n) is 2.79. The van der Waals surface area contributed by atoms with Crippen molar-refractivity contribution >= 4 is 0 Å². The highest BCUT2D eigenvalue weighted by Crippen LogP contribution is 2.32. The van der Waals surface area contributed by atoms with Gasteiger partial charge in [0.15, 0.2) is 5.67 Å². The molecule has 0 saturated carbocycles. The van der Waals surface area contributed by atoms with Crippen LogP contribution in [0.25, 0.3) is 0 Å². The van der Waals surface area contributed by atoms with Crippen LogP contribution < -0.4 is 5.73 Å². The second kappa shape index (κ2) is 4.75. The summed E-state index contributed by atoms with van der Waals surface area (Å²) in [7, 11) is 0. The Morgan fingerprint density at radius 1 is 1.60 bits per heavy atom. The predicted octanol–water partition coefficient (Wildman–Crippen LogP) is 2.07. The van der Waals surface area contributed by atoms with E-state index < -0.39 is 5.67 Å². The van der Waals surface area contributed by atoms with Gasteiger partial charge in [-0.3, -0.25) is 4.68 Å². The topological polar surface area (TPSA) is 43.8 Å². The molecule has 1 aromatic rings. The van der Waals surface area contributed by atoms with Crippen LogP contribution >= 0.6 is 0 Å². The fourth-order valence-corrected chi connectivity index (χ4v) is 1.71. The molecule has 1 unspecified atom stereocenters. The first-order valence-corrected chi connectivity index (χ1v) is 5.47. The second-order valence-electron chi connectivity index (χ2n) is 4.16. The van der Waals surface area contributed by atoms with Crippen LogP contribution in [0.15, 0.2) is 12.3 Å². The Kier molecular flexibility index (Phi) is 3.85. The van der Waals surface area contributed by atoms with Crippen LogP contribution in [0.4, 0.5) is 4.39 Å². The molecule has 1 aromatic heterocycles. The van der Waals surface area contributed by atoms with Crippen molar-refractivity contribution in [3.63, 3.8) is 0 Å². The maximum absolute atomic E-state index is 14.6. The number of hydrogen-bond donors (Lipinski definition) is 1. The summed E-state index contributed by atoms with van der Waals surface area (Å²) in [4.78, 5) is 0. The van der Waals surface area contributed by atoms with Gasteiger partial charge in [0.1, 0.15) is 0 Å². The lowest BCUT2D eigenvalue weighted by atomic mass is 9.89. The van der Waals surface area contributed by atoms with E-state index >= 15 is 0 Å². The molecule has 0 radical (unpaired) electrons. The smallest absolute Gasteiger partial charge is 0.166 e. The Balaban J connectivity index is 3.06. The Morgan fingerprint density at radius 2 is 2.27 bits per heavy atom. The number of nitrogens with two attached hydrogens (primary N) is 1. The van der Waals surface area contributed by atoms with E-state index in [1.54, 1.807) is 16.9 Å². The molecule has 0 aliphatic rings. The van der Waals surface area contributed by atoms with Crippen molar-refractivity contribution in [1.29, 1.82) is 0 Å². The molecular weight excluding hydrogens is 193 g/mol. The van der Waals surface area contributed by atoms with Crippen molar-refractivity contribution in [1.82, 2.24) is 9.78 Å². The molecule has 0 aliphatic heterocycles. The second-order valence-corrected chi connectivity index (χ2v) is 4.16. The zero-order valence-corrected chi connectivity index (χ0v) is 9.70. The molecule has 2 N–H and O–H groups in total. The lowest BCUT2D eigenvalue weighted by molar-refractivity contribution is 0.0969. The highest BCUT2D eigenvalue weighted by atomic mass is 19.1.